The average Bonchev–Trinajstić information content (AvgIpc) is 3.03. The average molecular weight is 435 g/mol. The van der Waals surface area contributed by atoms with Gasteiger partial charge in [-0.1, -0.05) is 17.7 Å². The van der Waals surface area contributed by atoms with Crippen LogP contribution in [-0.4, -0.2) is 60.5 Å². The molecule has 1 heterocycles. The number of benzene rings is 1. The summed E-state index contributed by atoms with van der Waals surface area (Å²) in [6.45, 7) is 17.0. The van der Waals surface area contributed by atoms with E-state index in [1.165, 1.54) is 5.56 Å². The van der Waals surface area contributed by atoms with Gasteiger partial charge < -0.3 is 18.7 Å². The largest absolute Gasteiger partial charge is 0.488 e. The molecule has 0 aromatic heterocycles. The molecule has 0 aliphatic carbocycles. The SMILES string of the molecule is Cc1ccc(OC(C)(C)CCOC(C)(C)CC[N+]2(C)CCCC2C(=O)OC(C)C)cc1. The van der Waals surface area contributed by atoms with Crippen molar-refractivity contribution < 1.29 is 23.5 Å². The van der Waals surface area contributed by atoms with E-state index in [0.717, 1.165) is 49.0 Å². The Morgan fingerprint density at radius 1 is 1.10 bits per heavy atom. The number of carbonyl (C=O) groups excluding carboxylic acids is 1. The van der Waals surface area contributed by atoms with Crippen LogP contribution in [0.5, 0.6) is 5.75 Å². The number of hydrogen-bond donors (Lipinski definition) is 0. The van der Waals surface area contributed by atoms with Gasteiger partial charge in [0.2, 0.25) is 0 Å². The van der Waals surface area contributed by atoms with Crippen molar-refractivity contribution in [3.05, 3.63) is 29.8 Å². The molecular formula is C26H44NO4+. The summed E-state index contributed by atoms with van der Waals surface area (Å²) in [5.74, 6) is 0.837. The first kappa shape index (κ1) is 25.7. The Morgan fingerprint density at radius 2 is 1.74 bits per heavy atom. The maximum Gasteiger partial charge on any atom is 0.365 e. The minimum atomic E-state index is -0.301. The minimum absolute atomic E-state index is 0.0521. The fourth-order valence-corrected chi connectivity index (χ4v) is 4.21. The molecule has 1 fully saturated rings. The van der Waals surface area contributed by atoms with Crippen LogP contribution in [0.25, 0.3) is 0 Å². The van der Waals surface area contributed by atoms with Gasteiger partial charge in [0.25, 0.3) is 0 Å². The van der Waals surface area contributed by atoms with Gasteiger partial charge in [0.1, 0.15) is 11.4 Å². The maximum atomic E-state index is 12.6. The molecule has 1 aliphatic heterocycles. The lowest BCUT2D eigenvalue weighted by molar-refractivity contribution is -0.913. The molecule has 0 radical (unpaired) electrons. The molecule has 0 amide bonds. The number of ether oxygens (including phenoxy) is 3. The van der Waals surface area contributed by atoms with Crippen LogP contribution in [0.4, 0.5) is 0 Å². The number of likely N-dealkylation sites (tertiary alicyclic amines) is 1. The first-order valence-corrected chi connectivity index (χ1v) is 11.8. The van der Waals surface area contributed by atoms with E-state index >= 15 is 0 Å². The molecule has 0 saturated carbocycles. The Bertz CT molecular complexity index is 711. The van der Waals surface area contributed by atoms with Gasteiger partial charge in [-0.15, -0.1) is 0 Å². The fraction of sp³-hybridized carbons (Fsp3) is 0.731. The van der Waals surface area contributed by atoms with Crippen LogP contribution in [0.2, 0.25) is 0 Å². The zero-order valence-corrected chi connectivity index (χ0v) is 21.0. The number of nitrogens with zero attached hydrogens (tertiary/aromatic N) is 1. The van der Waals surface area contributed by atoms with Crippen LogP contribution < -0.4 is 4.74 Å². The Balaban J connectivity index is 1.82. The second kappa shape index (κ2) is 10.4. The summed E-state index contributed by atoms with van der Waals surface area (Å²) in [5.41, 5.74) is 0.671. The molecule has 0 spiro atoms. The summed E-state index contributed by atoms with van der Waals surface area (Å²) in [7, 11) is 2.19. The van der Waals surface area contributed by atoms with Gasteiger partial charge in [-0.05, 0) is 60.6 Å². The molecule has 1 aliphatic rings. The zero-order chi connectivity index (χ0) is 23.3. The number of esters is 1. The number of rotatable bonds is 11. The summed E-state index contributed by atoms with van der Waals surface area (Å²) in [6, 6.07) is 8.11. The third kappa shape index (κ3) is 8.12. The maximum absolute atomic E-state index is 12.6. The Kier molecular flexibility index (Phi) is 8.57. The van der Waals surface area contributed by atoms with Crippen LogP contribution in [-0.2, 0) is 14.3 Å². The Labute approximate surface area is 189 Å². The summed E-state index contributed by atoms with van der Waals surface area (Å²) in [6.07, 6.45) is 3.62. The lowest BCUT2D eigenvalue weighted by Crippen LogP contribution is -2.54. The van der Waals surface area contributed by atoms with Crippen LogP contribution in [0.15, 0.2) is 24.3 Å². The van der Waals surface area contributed by atoms with Gasteiger partial charge in [0, 0.05) is 25.7 Å². The van der Waals surface area contributed by atoms with E-state index in [1.54, 1.807) is 0 Å². The molecule has 5 nitrogen and oxygen atoms in total. The first-order chi connectivity index (χ1) is 14.3. The van der Waals surface area contributed by atoms with E-state index in [2.05, 4.69) is 53.8 Å². The van der Waals surface area contributed by atoms with Crippen LogP contribution in [0.1, 0.15) is 72.8 Å². The van der Waals surface area contributed by atoms with Crippen LogP contribution in [0.3, 0.4) is 0 Å². The third-order valence-corrected chi connectivity index (χ3v) is 6.36. The summed E-state index contributed by atoms with van der Waals surface area (Å²) < 4.78 is 18.7. The van der Waals surface area contributed by atoms with Crippen molar-refractivity contribution in [3.8, 4) is 5.75 Å². The van der Waals surface area contributed by atoms with Crippen molar-refractivity contribution in [2.45, 2.75) is 97.5 Å². The van der Waals surface area contributed by atoms with Gasteiger partial charge in [-0.2, -0.15) is 0 Å². The monoisotopic (exact) mass is 434 g/mol. The molecule has 1 aromatic carbocycles. The molecule has 176 valence electrons. The lowest BCUT2D eigenvalue weighted by Gasteiger charge is -2.38. The van der Waals surface area contributed by atoms with Gasteiger partial charge in [-0.3, -0.25) is 0 Å². The normalized spacial score (nSPS) is 22.0. The highest BCUT2D eigenvalue weighted by Crippen LogP contribution is 2.29. The predicted molar refractivity (Wildman–Crippen MR) is 125 cm³/mol. The standard InChI is InChI=1S/C26H44NO4/c1-20(2)30-24(28)23-10-9-17-27(23,8)18-15-25(4,5)29-19-16-26(6,7)31-22-13-11-21(3)12-14-22/h11-14,20,23H,9-10,15-19H2,1-8H3/q+1. The number of quaternary nitrogens is 1. The van der Waals surface area contributed by atoms with Crippen molar-refractivity contribution in [3.63, 3.8) is 0 Å². The predicted octanol–water partition coefficient (Wildman–Crippen LogP) is 5.29. The number of likely N-dealkylation sites (N-methyl/N-ethyl adjacent to an activating group) is 1. The van der Waals surface area contributed by atoms with Gasteiger partial charge in [-0.25, -0.2) is 4.79 Å². The van der Waals surface area contributed by atoms with Crippen LogP contribution >= 0.6 is 0 Å². The molecule has 2 rings (SSSR count). The highest BCUT2D eigenvalue weighted by atomic mass is 16.5. The second-order valence-corrected chi connectivity index (χ2v) is 10.9. The third-order valence-electron chi connectivity index (χ3n) is 6.36. The van der Waals surface area contributed by atoms with E-state index in [9.17, 15) is 4.79 Å². The van der Waals surface area contributed by atoms with E-state index in [0.29, 0.717) is 6.61 Å². The van der Waals surface area contributed by atoms with Crippen LogP contribution in [0, 0.1) is 6.92 Å². The molecule has 1 saturated heterocycles. The zero-order valence-electron chi connectivity index (χ0n) is 21.0. The van der Waals surface area contributed by atoms with Crippen molar-refractivity contribution in [1.29, 1.82) is 0 Å². The highest BCUT2D eigenvalue weighted by molar-refractivity contribution is 5.75. The number of hydrogen-bond acceptors (Lipinski definition) is 4. The molecule has 2 atom stereocenters. The molecule has 31 heavy (non-hydrogen) atoms. The second-order valence-electron chi connectivity index (χ2n) is 10.9. The topological polar surface area (TPSA) is 44.8 Å². The quantitative estimate of drug-likeness (QED) is 0.351. The molecule has 5 heteroatoms. The van der Waals surface area contributed by atoms with E-state index in [4.69, 9.17) is 14.2 Å². The molecule has 0 bridgehead atoms. The van der Waals surface area contributed by atoms with Gasteiger partial charge in [0.15, 0.2) is 6.04 Å². The molecule has 1 aromatic rings. The fourth-order valence-electron chi connectivity index (χ4n) is 4.21. The summed E-state index contributed by atoms with van der Waals surface area (Å²) in [4.78, 5) is 12.6. The van der Waals surface area contributed by atoms with E-state index < -0.39 is 0 Å². The Hall–Kier alpha value is -1.59. The van der Waals surface area contributed by atoms with E-state index in [1.807, 2.05) is 26.0 Å². The molecular weight excluding hydrogens is 390 g/mol. The van der Waals surface area contributed by atoms with Gasteiger partial charge >= 0.3 is 5.97 Å². The Morgan fingerprint density at radius 3 is 2.35 bits per heavy atom. The van der Waals surface area contributed by atoms with Crippen molar-refractivity contribution >= 4 is 5.97 Å². The van der Waals surface area contributed by atoms with Crippen molar-refractivity contribution in [2.75, 3.05) is 26.7 Å². The number of carbonyl (C=O) groups is 1. The molecule has 2 unspecified atom stereocenters. The van der Waals surface area contributed by atoms with Crippen molar-refractivity contribution in [2.24, 2.45) is 0 Å². The van der Waals surface area contributed by atoms with Crippen molar-refractivity contribution in [1.82, 2.24) is 0 Å². The summed E-state index contributed by atoms with van der Waals surface area (Å²) in [5, 5.41) is 0. The highest BCUT2D eigenvalue weighted by Gasteiger charge is 2.44. The lowest BCUT2D eigenvalue weighted by atomic mass is 10.0. The molecule has 0 N–H and O–H groups in total. The minimum Gasteiger partial charge on any atom is -0.488 e. The smallest absolute Gasteiger partial charge is 0.365 e. The van der Waals surface area contributed by atoms with E-state index in [-0.39, 0.29) is 29.3 Å². The number of aryl methyl sites for hydroxylation is 1. The summed E-state index contributed by atoms with van der Waals surface area (Å²) >= 11 is 0. The first-order valence-electron chi connectivity index (χ1n) is 11.8. The van der Waals surface area contributed by atoms with Gasteiger partial charge in [0.05, 0.1) is 38.4 Å².